The minimum atomic E-state index is -0.976. The first kappa shape index (κ1) is 39.3. The van der Waals surface area contributed by atoms with Crippen LogP contribution in [0.15, 0.2) is 110 Å². The SMILES string of the molecule is COc1cc(/C=C/C2NCCc3cc(OCc4ccccc4)c(OC)cc32)ccn1.COc1ccc(/C=C/C(=O)O)cn1.COc1ccc(C=O)cn1. The predicted molar refractivity (Wildman–Crippen MR) is 202 cm³/mol. The van der Waals surface area contributed by atoms with E-state index in [9.17, 15) is 9.59 Å². The lowest BCUT2D eigenvalue weighted by atomic mass is 9.93. The molecule has 1 unspecified atom stereocenters. The number of hydrogen-bond acceptors (Lipinski definition) is 11. The quantitative estimate of drug-likeness (QED) is 0.105. The maximum Gasteiger partial charge on any atom is 0.328 e. The van der Waals surface area contributed by atoms with Gasteiger partial charge < -0.3 is 34.1 Å². The molecule has 1 aliphatic rings. The third-order valence-corrected chi connectivity index (χ3v) is 7.70. The summed E-state index contributed by atoms with van der Waals surface area (Å²) in [6, 6.07) is 25.0. The maximum atomic E-state index is 10.2. The number of aromatic nitrogens is 3. The van der Waals surface area contributed by atoms with Crippen LogP contribution in [0.25, 0.3) is 12.2 Å². The molecule has 0 aliphatic carbocycles. The number of methoxy groups -OCH3 is 4. The molecule has 12 nitrogen and oxygen atoms in total. The van der Waals surface area contributed by atoms with Gasteiger partial charge in [0.05, 0.1) is 34.5 Å². The number of ether oxygens (including phenoxy) is 5. The standard InChI is InChI=1S/C25H26N2O3.C9H9NO3.C7H7NO2/c1-28-23-16-21-20(15-24(23)30-17-19-6-4-3-5-7-19)11-13-26-22(21)9-8-18-10-12-27-25(14-18)29-2;1-13-8-4-2-7(6-10-8)3-5-9(11)12;1-10-7-3-2-6(5-9)4-8-7/h3-10,12,14-16,22,26H,11,13,17H2,1-2H3;2-6H,1H3,(H,11,12);2-5H,1H3/b9-8+;5-3+;. The van der Waals surface area contributed by atoms with Gasteiger partial charge >= 0.3 is 5.97 Å². The highest BCUT2D eigenvalue weighted by molar-refractivity contribution is 5.85. The van der Waals surface area contributed by atoms with E-state index >= 15 is 0 Å². The molecule has 5 aromatic rings. The number of carbonyl (C=O) groups is 2. The van der Waals surface area contributed by atoms with Crippen LogP contribution in [0.5, 0.6) is 29.1 Å². The van der Waals surface area contributed by atoms with E-state index in [-0.39, 0.29) is 6.04 Å². The van der Waals surface area contributed by atoms with Crippen LogP contribution in [-0.2, 0) is 17.8 Å². The molecule has 1 aliphatic heterocycles. The molecule has 1 atom stereocenters. The zero-order chi connectivity index (χ0) is 37.8. The van der Waals surface area contributed by atoms with Crippen molar-refractivity contribution >= 4 is 24.4 Å². The zero-order valence-electron chi connectivity index (χ0n) is 30.0. The number of carboxylic acids is 1. The summed E-state index contributed by atoms with van der Waals surface area (Å²) < 4.78 is 26.6. The Morgan fingerprint density at radius 2 is 1.47 bits per heavy atom. The summed E-state index contributed by atoms with van der Waals surface area (Å²) in [6.45, 7) is 1.42. The van der Waals surface area contributed by atoms with Gasteiger partial charge in [-0.25, -0.2) is 19.7 Å². The van der Waals surface area contributed by atoms with Crippen molar-refractivity contribution in [2.45, 2.75) is 19.1 Å². The van der Waals surface area contributed by atoms with E-state index < -0.39 is 5.97 Å². The highest BCUT2D eigenvalue weighted by Crippen LogP contribution is 2.36. The molecule has 53 heavy (non-hydrogen) atoms. The van der Waals surface area contributed by atoms with Crippen LogP contribution < -0.4 is 29.0 Å². The summed E-state index contributed by atoms with van der Waals surface area (Å²) in [5.74, 6) is 2.19. The van der Waals surface area contributed by atoms with Crippen molar-refractivity contribution < 1.29 is 38.4 Å². The number of rotatable bonds is 12. The summed E-state index contributed by atoms with van der Waals surface area (Å²) in [6.07, 6.45) is 13.2. The Labute approximate surface area is 308 Å². The van der Waals surface area contributed by atoms with Gasteiger partial charge in [0.1, 0.15) is 6.61 Å². The minimum Gasteiger partial charge on any atom is -0.493 e. The Hall–Kier alpha value is -6.53. The number of nitrogens with zero attached hydrogens (tertiary/aromatic N) is 3. The van der Waals surface area contributed by atoms with Gasteiger partial charge in [0.2, 0.25) is 17.6 Å². The van der Waals surface area contributed by atoms with Gasteiger partial charge in [-0.1, -0.05) is 42.5 Å². The number of carboxylic acid groups (broad SMARTS) is 1. The first-order chi connectivity index (χ1) is 25.8. The normalized spacial score (nSPS) is 13.0. The molecule has 0 saturated heterocycles. The fraction of sp³-hybridized carbons (Fsp3) is 0.195. The molecule has 6 rings (SSSR count). The molecule has 0 spiro atoms. The second-order valence-corrected chi connectivity index (χ2v) is 11.2. The van der Waals surface area contributed by atoms with Crippen molar-refractivity contribution in [3.05, 3.63) is 143 Å². The molecular formula is C41H42N4O8. The number of benzene rings is 2. The molecule has 274 valence electrons. The second kappa shape index (κ2) is 21.0. The van der Waals surface area contributed by atoms with Gasteiger partial charge in [-0.3, -0.25) is 4.79 Å². The smallest absolute Gasteiger partial charge is 0.328 e. The average Bonchev–Trinajstić information content (AvgIpc) is 3.22. The first-order valence-corrected chi connectivity index (χ1v) is 16.5. The van der Waals surface area contributed by atoms with E-state index in [0.717, 1.165) is 53.5 Å². The number of pyridine rings is 3. The van der Waals surface area contributed by atoms with E-state index in [2.05, 4.69) is 56.7 Å². The highest BCUT2D eigenvalue weighted by atomic mass is 16.5. The number of fused-ring (bicyclic) bond motifs is 1. The van der Waals surface area contributed by atoms with Crippen LogP contribution in [0.3, 0.4) is 0 Å². The number of hydrogen-bond donors (Lipinski definition) is 2. The van der Waals surface area contributed by atoms with E-state index in [1.165, 1.54) is 43.8 Å². The molecule has 0 amide bonds. The van der Waals surface area contributed by atoms with Crippen molar-refractivity contribution in [2.75, 3.05) is 35.0 Å². The third-order valence-electron chi connectivity index (χ3n) is 7.70. The Morgan fingerprint density at radius 3 is 2.08 bits per heavy atom. The fourth-order valence-electron chi connectivity index (χ4n) is 4.98. The van der Waals surface area contributed by atoms with Crippen molar-refractivity contribution in [3.63, 3.8) is 0 Å². The van der Waals surface area contributed by atoms with Crippen molar-refractivity contribution in [1.82, 2.24) is 20.3 Å². The van der Waals surface area contributed by atoms with Crippen LogP contribution in [0.1, 0.15) is 44.2 Å². The van der Waals surface area contributed by atoms with Gasteiger partial charge in [-0.2, -0.15) is 0 Å². The van der Waals surface area contributed by atoms with E-state index in [1.807, 2.05) is 30.3 Å². The highest BCUT2D eigenvalue weighted by Gasteiger charge is 2.21. The Balaban J connectivity index is 0.000000223. The lowest BCUT2D eigenvalue weighted by Gasteiger charge is -2.26. The molecule has 0 radical (unpaired) electrons. The molecule has 2 N–H and O–H groups in total. The van der Waals surface area contributed by atoms with Crippen molar-refractivity contribution in [1.29, 1.82) is 0 Å². The molecule has 0 fully saturated rings. The summed E-state index contributed by atoms with van der Waals surface area (Å²) >= 11 is 0. The monoisotopic (exact) mass is 718 g/mol. The average molecular weight is 719 g/mol. The number of aldehydes is 1. The molecule has 2 aromatic carbocycles. The lowest BCUT2D eigenvalue weighted by Crippen LogP contribution is -2.28. The molecule has 0 saturated carbocycles. The number of aliphatic carboxylic acids is 1. The van der Waals surface area contributed by atoms with E-state index in [1.54, 1.807) is 44.7 Å². The second-order valence-electron chi connectivity index (χ2n) is 11.2. The summed E-state index contributed by atoms with van der Waals surface area (Å²) in [7, 11) is 6.36. The Bertz CT molecular complexity index is 1950. The molecule has 4 heterocycles. The van der Waals surface area contributed by atoms with Gasteiger partial charge in [-0.15, -0.1) is 0 Å². The number of carbonyl (C=O) groups excluding carboxylic acids is 1. The van der Waals surface area contributed by atoms with Crippen LogP contribution in [0, 0.1) is 0 Å². The van der Waals surface area contributed by atoms with Crippen molar-refractivity contribution in [3.8, 4) is 29.1 Å². The van der Waals surface area contributed by atoms with Crippen LogP contribution in [0.2, 0.25) is 0 Å². The number of nitrogens with one attached hydrogen (secondary N) is 1. The van der Waals surface area contributed by atoms with Gasteiger partial charge in [0.15, 0.2) is 17.8 Å². The van der Waals surface area contributed by atoms with E-state index in [0.29, 0.717) is 29.8 Å². The topological polar surface area (TPSA) is 151 Å². The third kappa shape index (κ3) is 12.6. The minimum absolute atomic E-state index is 0.102. The fourth-order valence-corrected chi connectivity index (χ4v) is 4.98. The van der Waals surface area contributed by atoms with Gasteiger partial charge in [0, 0.05) is 55.0 Å². The summed E-state index contributed by atoms with van der Waals surface area (Å²) in [5, 5.41) is 11.9. The summed E-state index contributed by atoms with van der Waals surface area (Å²) in [5.41, 5.74) is 5.95. The largest absolute Gasteiger partial charge is 0.493 e. The van der Waals surface area contributed by atoms with Crippen LogP contribution in [0.4, 0.5) is 0 Å². The molecule has 3 aromatic heterocycles. The molecule has 0 bridgehead atoms. The predicted octanol–water partition coefficient (Wildman–Crippen LogP) is 6.67. The lowest BCUT2D eigenvalue weighted by molar-refractivity contribution is -0.131. The van der Waals surface area contributed by atoms with Crippen molar-refractivity contribution in [2.24, 2.45) is 0 Å². The van der Waals surface area contributed by atoms with Crippen LogP contribution in [-0.4, -0.2) is 67.3 Å². The first-order valence-electron chi connectivity index (χ1n) is 16.5. The van der Waals surface area contributed by atoms with Gasteiger partial charge in [0.25, 0.3) is 0 Å². The van der Waals surface area contributed by atoms with Crippen LogP contribution >= 0.6 is 0 Å². The Kier molecular flexibility index (Phi) is 15.5. The molecule has 12 heteroatoms. The summed E-state index contributed by atoms with van der Waals surface area (Å²) in [4.78, 5) is 32.2. The zero-order valence-corrected chi connectivity index (χ0v) is 30.0. The van der Waals surface area contributed by atoms with E-state index in [4.69, 9.17) is 28.8 Å². The Morgan fingerprint density at radius 1 is 0.774 bits per heavy atom. The molecular weight excluding hydrogens is 676 g/mol. The maximum absolute atomic E-state index is 10.2. The van der Waals surface area contributed by atoms with Gasteiger partial charge in [-0.05, 0) is 70.6 Å².